The molecule has 1 saturated heterocycles. The molecule has 0 spiro atoms. The molecule has 0 aliphatic carbocycles. The van der Waals surface area contributed by atoms with Gasteiger partial charge in [0.05, 0.1) is 0 Å². The molecule has 1 aliphatic rings. The Labute approximate surface area is 147 Å². The lowest BCUT2D eigenvalue weighted by Gasteiger charge is -2.24. The normalized spacial score (nSPS) is 16.7. The van der Waals surface area contributed by atoms with Crippen molar-refractivity contribution in [2.75, 3.05) is 18.0 Å². The van der Waals surface area contributed by atoms with Crippen molar-refractivity contribution >= 4 is 17.5 Å². The summed E-state index contributed by atoms with van der Waals surface area (Å²) in [6, 6.07) is 13.0. The van der Waals surface area contributed by atoms with E-state index in [1.165, 1.54) is 0 Å². The summed E-state index contributed by atoms with van der Waals surface area (Å²) in [5.41, 5.74) is 1.05. The summed E-state index contributed by atoms with van der Waals surface area (Å²) in [5, 5.41) is 10.9. The van der Waals surface area contributed by atoms with Crippen molar-refractivity contribution in [1.82, 2.24) is 15.5 Å². The molecule has 2 heterocycles. The Hall–Kier alpha value is -2.76. The molecule has 6 nitrogen and oxygen atoms in total. The molecule has 1 atom stereocenters. The van der Waals surface area contributed by atoms with E-state index < -0.39 is 0 Å². The summed E-state index contributed by atoms with van der Waals surface area (Å²) >= 11 is 0. The number of carbonyl (C=O) groups is 2. The number of nitrogens with one attached hydrogen (secondary N) is 1. The molecule has 0 bridgehead atoms. The number of ketones is 1. The molecule has 1 fully saturated rings. The van der Waals surface area contributed by atoms with Crippen LogP contribution in [0, 0.1) is 0 Å². The average Bonchev–Trinajstić information content (AvgIpc) is 3.11. The number of Topliss-reactive ketones (excluding diaryl/α,β-unsaturated/α-hetero) is 1. The maximum Gasteiger partial charge on any atom is 0.271 e. The van der Waals surface area contributed by atoms with Crippen LogP contribution >= 0.6 is 0 Å². The van der Waals surface area contributed by atoms with E-state index in [4.69, 9.17) is 0 Å². The van der Waals surface area contributed by atoms with Gasteiger partial charge in [-0.3, -0.25) is 9.59 Å². The Balaban J connectivity index is 1.69. The van der Waals surface area contributed by atoms with Crippen molar-refractivity contribution in [1.29, 1.82) is 0 Å². The highest BCUT2D eigenvalue weighted by Crippen LogP contribution is 2.26. The van der Waals surface area contributed by atoms with Crippen molar-refractivity contribution in [2.24, 2.45) is 0 Å². The third-order valence-electron chi connectivity index (χ3n) is 4.41. The highest BCUT2D eigenvalue weighted by Gasteiger charge is 2.28. The maximum atomic E-state index is 12.5. The van der Waals surface area contributed by atoms with Crippen LogP contribution in [0.5, 0.6) is 0 Å². The molecule has 0 radical (unpaired) electrons. The topological polar surface area (TPSA) is 75.2 Å². The lowest BCUT2D eigenvalue weighted by Crippen LogP contribution is -2.32. The van der Waals surface area contributed by atoms with Crippen LogP contribution in [0.2, 0.25) is 0 Å². The van der Waals surface area contributed by atoms with Crippen molar-refractivity contribution in [3.05, 3.63) is 53.7 Å². The predicted molar refractivity (Wildman–Crippen MR) is 95.8 cm³/mol. The molecule has 6 heteroatoms. The second kappa shape index (κ2) is 7.88. The number of aromatic nitrogens is 2. The van der Waals surface area contributed by atoms with Crippen molar-refractivity contribution in [3.63, 3.8) is 0 Å². The molecular weight excluding hydrogens is 316 g/mol. The van der Waals surface area contributed by atoms with Crippen LogP contribution < -0.4 is 10.2 Å². The molecule has 3 rings (SSSR count). The van der Waals surface area contributed by atoms with Gasteiger partial charge in [0.15, 0.2) is 17.3 Å². The van der Waals surface area contributed by atoms with Gasteiger partial charge >= 0.3 is 0 Å². The zero-order valence-corrected chi connectivity index (χ0v) is 14.3. The van der Waals surface area contributed by atoms with Crippen molar-refractivity contribution in [2.45, 2.75) is 32.2 Å². The van der Waals surface area contributed by atoms with E-state index in [9.17, 15) is 9.59 Å². The van der Waals surface area contributed by atoms with E-state index in [0.717, 1.165) is 30.8 Å². The molecule has 130 valence electrons. The van der Waals surface area contributed by atoms with E-state index >= 15 is 0 Å². The molecule has 0 saturated carbocycles. The third-order valence-corrected chi connectivity index (χ3v) is 4.41. The first kappa shape index (κ1) is 17.1. The van der Waals surface area contributed by atoms with Gasteiger partial charge in [0.25, 0.3) is 5.91 Å². The minimum atomic E-state index is -0.223. The van der Waals surface area contributed by atoms with E-state index in [2.05, 4.69) is 20.4 Å². The predicted octanol–water partition coefficient (Wildman–Crippen LogP) is 2.47. The molecule has 1 aliphatic heterocycles. The summed E-state index contributed by atoms with van der Waals surface area (Å²) in [7, 11) is 0. The van der Waals surface area contributed by atoms with E-state index in [-0.39, 0.29) is 17.7 Å². The Morgan fingerprint density at radius 2 is 1.96 bits per heavy atom. The Kier molecular flexibility index (Phi) is 5.38. The van der Waals surface area contributed by atoms with Crippen LogP contribution in [0.15, 0.2) is 42.5 Å². The van der Waals surface area contributed by atoms with Gasteiger partial charge in [-0.25, -0.2) is 0 Å². The fraction of sp³-hybridized carbons (Fsp3) is 0.368. The Bertz CT molecular complexity index is 731. The Morgan fingerprint density at radius 1 is 1.16 bits per heavy atom. The minimum Gasteiger partial charge on any atom is -0.352 e. The van der Waals surface area contributed by atoms with Gasteiger partial charge in [-0.2, -0.15) is 0 Å². The lowest BCUT2D eigenvalue weighted by molar-refractivity contribution is 0.0948. The number of carbonyl (C=O) groups excluding carboxylic acids is 2. The number of hydrogen-bond donors (Lipinski definition) is 1. The van der Waals surface area contributed by atoms with Crippen LogP contribution in [0.3, 0.4) is 0 Å². The maximum absolute atomic E-state index is 12.5. The van der Waals surface area contributed by atoms with E-state index in [1.54, 1.807) is 6.07 Å². The van der Waals surface area contributed by atoms with Gasteiger partial charge < -0.3 is 10.2 Å². The number of anilines is 1. The van der Waals surface area contributed by atoms with Crippen LogP contribution in [-0.2, 0) is 0 Å². The molecule has 1 aromatic heterocycles. The van der Waals surface area contributed by atoms with E-state index in [1.807, 2.05) is 43.3 Å². The largest absolute Gasteiger partial charge is 0.352 e. The SMILES string of the molecule is CCNC(=O)c1ccc(N2CCCC2CC(=O)c2ccccc2)nn1. The summed E-state index contributed by atoms with van der Waals surface area (Å²) in [5.74, 6) is 0.639. The van der Waals surface area contributed by atoms with Gasteiger partial charge in [-0.1, -0.05) is 30.3 Å². The van der Waals surface area contributed by atoms with Crippen LogP contribution in [0.25, 0.3) is 0 Å². The van der Waals surface area contributed by atoms with Crippen molar-refractivity contribution < 1.29 is 9.59 Å². The monoisotopic (exact) mass is 338 g/mol. The number of rotatable bonds is 6. The van der Waals surface area contributed by atoms with Crippen LogP contribution in [0.4, 0.5) is 5.82 Å². The highest BCUT2D eigenvalue weighted by molar-refractivity contribution is 5.96. The van der Waals surface area contributed by atoms with Gasteiger partial charge in [0.1, 0.15) is 0 Å². The molecule has 1 unspecified atom stereocenters. The second-order valence-corrected chi connectivity index (χ2v) is 6.12. The molecule has 25 heavy (non-hydrogen) atoms. The zero-order chi connectivity index (χ0) is 17.6. The smallest absolute Gasteiger partial charge is 0.271 e. The summed E-state index contributed by atoms with van der Waals surface area (Å²) in [6.07, 6.45) is 2.44. The molecular formula is C19H22N4O2. The van der Waals surface area contributed by atoms with Gasteiger partial charge in [0, 0.05) is 31.1 Å². The molecule has 2 aromatic rings. The van der Waals surface area contributed by atoms with E-state index in [0.29, 0.717) is 18.7 Å². The fourth-order valence-corrected chi connectivity index (χ4v) is 3.16. The highest BCUT2D eigenvalue weighted by atomic mass is 16.2. The fourth-order valence-electron chi connectivity index (χ4n) is 3.16. The number of nitrogens with zero attached hydrogens (tertiary/aromatic N) is 3. The second-order valence-electron chi connectivity index (χ2n) is 6.12. The quantitative estimate of drug-likeness (QED) is 0.819. The number of amides is 1. The summed E-state index contributed by atoms with van der Waals surface area (Å²) in [6.45, 7) is 3.26. The van der Waals surface area contributed by atoms with Gasteiger partial charge in [0.2, 0.25) is 0 Å². The molecule has 1 aromatic carbocycles. The average molecular weight is 338 g/mol. The number of hydrogen-bond acceptors (Lipinski definition) is 5. The standard InChI is InChI=1S/C19H22N4O2/c1-2-20-19(25)16-10-11-18(22-21-16)23-12-6-9-15(23)13-17(24)14-7-4-3-5-8-14/h3-5,7-8,10-11,15H,2,6,9,12-13H2,1H3,(H,20,25). The number of benzene rings is 1. The summed E-state index contributed by atoms with van der Waals surface area (Å²) in [4.78, 5) is 26.4. The zero-order valence-electron chi connectivity index (χ0n) is 14.3. The first-order valence-electron chi connectivity index (χ1n) is 8.66. The Morgan fingerprint density at radius 3 is 2.64 bits per heavy atom. The molecule has 1 amide bonds. The van der Waals surface area contributed by atoms with Gasteiger partial charge in [-0.05, 0) is 31.9 Å². The van der Waals surface area contributed by atoms with Gasteiger partial charge in [-0.15, -0.1) is 10.2 Å². The minimum absolute atomic E-state index is 0.123. The van der Waals surface area contributed by atoms with Crippen LogP contribution in [0.1, 0.15) is 47.0 Å². The first-order valence-corrected chi connectivity index (χ1v) is 8.66. The molecule has 1 N–H and O–H groups in total. The first-order chi connectivity index (χ1) is 12.2. The van der Waals surface area contributed by atoms with Crippen molar-refractivity contribution in [3.8, 4) is 0 Å². The summed E-state index contributed by atoms with van der Waals surface area (Å²) < 4.78 is 0. The van der Waals surface area contributed by atoms with Crippen LogP contribution in [-0.4, -0.2) is 41.0 Å². The lowest BCUT2D eigenvalue weighted by atomic mass is 10.0. The third kappa shape index (κ3) is 4.02.